The lowest BCUT2D eigenvalue weighted by molar-refractivity contribution is -0.147. The largest absolute Gasteiger partial charge is 0.476 e. The summed E-state index contributed by atoms with van der Waals surface area (Å²) in [5.74, 6) is -0.109. The molecular formula is C20H31N6O8P. The molecule has 4 heterocycles. The molecule has 5 atom stereocenters. The van der Waals surface area contributed by atoms with Gasteiger partial charge < -0.3 is 25.7 Å². The van der Waals surface area contributed by atoms with Crippen LogP contribution in [0.25, 0.3) is 11.2 Å². The monoisotopic (exact) mass is 514 g/mol. The van der Waals surface area contributed by atoms with E-state index in [2.05, 4.69) is 15.0 Å². The summed E-state index contributed by atoms with van der Waals surface area (Å²) in [5, 5.41) is 0. The predicted octanol–water partition coefficient (Wildman–Crippen LogP) is 1.69. The number of carbonyl (C=O) groups is 1. The Balaban J connectivity index is 1.47. The number of phosphoric acid groups is 1. The van der Waals surface area contributed by atoms with Crippen molar-refractivity contribution in [3.8, 4) is 5.88 Å². The first kappa shape index (κ1) is 25.7. The van der Waals surface area contributed by atoms with Crippen LogP contribution in [-0.2, 0) is 32.4 Å². The molecule has 4 rings (SSSR count). The zero-order valence-corrected chi connectivity index (χ0v) is 21.0. The van der Waals surface area contributed by atoms with Crippen LogP contribution in [0.1, 0.15) is 46.8 Å². The highest BCUT2D eigenvalue weighted by molar-refractivity contribution is 7.48. The number of nitrogens with zero attached hydrogens (tertiary/aromatic N) is 4. The highest BCUT2D eigenvalue weighted by Crippen LogP contribution is 2.58. The number of anilines is 1. The molecule has 0 amide bonds. The lowest BCUT2D eigenvalue weighted by atomic mass is 9.93. The van der Waals surface area contributed by atoms with Gasteiger partial charge in [-0.25, -0.2) is 9.55 Å². The number of imidazole rings is 1. The molecule has 2 aliphatic rings. The number of carbonyl (C=O) groups excluding carboxylic acids is 1. The third-order valence-corrected chi connectivity index (χ3v) is 6.96. The first-order chi connectivity index (χ1) is 16.5. The Bertz CT molecular complexity index is 1120. The van der Waals surface area contributed by atoms with E-state index in [-0.39, 0.29) is 43.5 Å². The van der Waals surface area contributed by atoms with Crippen LogP contribution in [-0.4, -0.2) is 69.2 Å². The Kier molecular flexibility index (Phi) is 7.32. The van der Waals surface area contributed by atoms with Crippen LogP contribution >= 0.6 is 7.82 Å². The summed E-state index contributed by atoms with van der Waals surface area (Å²) >= 11 is 0. The van der Waals surface area contributed by atoms with Crippen LogP contribution in [0.2, 0.25) is 0 Å². The number of esters is 1. The van der Waals surface area contributed by atoms with E-state index in [0.717, 1.165) is 0 Å². The molecule has 2 fully saturated rings. The normalized spacial score (nSPS) is 30.5. The number of hydrogen-bond donors (Lipinski definition) is 2. The van der Waals surface area contributed by atoms with Crippen molar-refractivity contribution in [2.75, 3.05) is 25.6 Å². The van der Waals surface area contributed by atoms with Crippen LogP contribution in [0.15, 0.2) is 6.33 Å². The van der Waals surface area contributed by atoms with E-state index >= 15 is 0 Å². The summed E-state index contributed by atoms with van der Waals surface area (Å²) in [5.41, 5.74) is 12.1. The second kappa shape index (κ2) is 9.96. The first-order valence-corrected chi connectivity index (χ1v) is 12.8. The molecule has 0 aliphatic carbocycles. The molecule has 2 aliphatic heterocycles. The molecule has 0 aromatic carbocycles. The average molecular weight is 514 g/mol. The van der Waals surface area contributed by atoms with Gasteiger partial charge in [0.1, 0.15) is 12.2 Å². The van der Waals surface area contributed by atoms with Crippen molar-refractivity contribution in [3.63, 3.8) is 0 Å². The molecule has 15 heteroatoms. The predicted molar refractivity (Wildman–Crippen MR) is 122 cm³/mol. The van der Waals surface area contributed by atoms with Crippen molar-refractivity contribution >= 4 is 30.9 Å². The maximum absolute atomic E-state index is 13.1. The van der Waals surface area contributed by atoms with Crippen molar-refractivity contribution < 1.29 is 37.1 Å². The van der Waals surface area contributed by atoms with Crippen molar-refractivity contribution in [1.29, 1.82) is 0 Å². The van der Waals surface area contributed by atoms with Gasteiger partial charge in [-0.2, -0.15) is 9.97 Å². The number of phosphoric ester groups is 1. The smallest absolute Gasteiger partial charge is 0.475 e. The molecule has 14 nitrogen and oxygen atoms in total. The van der Waals surface area contributed by atoms with Gasteiger partial charge in [-0.1, -0.05) is 0 Å². The maximum Gasteiger partial charge on any atom is 0.475 e. The molecule has 35 heavy (non-hydrogen) atoms. The number of rotatable bonds is 9. The number of nitrogens with two attached hydrogens (primary N) is 2. The van der Waals surface area contributed by atoms with Gasteiger partial charge in [0.15, 0.2) is 17.4 Å². The number of hydrogen-bond acceptors (Lipinski definition) is 13. The SMILES string of the molecule is CCOc1nc(N)nc2c1ncn2[C@@H]1O[C@@H]2COP(=O)(OCCCC(=O)OC(C)C)O[C@H]2[C@@]1(C)N. The molecule has 4 N–H and O–H groups in total. The van der Waals surface area contributed by atoms with Crippen LogP contribution < -0.4 is 16.2 Å². The molecule has 2 aromatic heterocycles. The molecule has 0 spiro atoms. The fraction of sp³-hybridized carbons (Fsp3) is 0.700. The molecule has 2 aromatic rings. The van der Waals surface area contributed by atoms with E-state index in [0.29, 0.717) is 24.2 Å². The third-order valence-electron chi connectivity index (χ3n) is 5.51. The average Bonchev–Trinajstić information content (AvgIpc) is 3.29. The highest BCUT2D eigenvalue weighted by Gasteiger charge is 2.59. The van der Waals surface area contributed by atoms with Crippen LogP contribution in [0.3, 0.4) is 0 Å². The van der Waals surface area contributed by atoms with Gasteiger partial charge in [-0.3, -0.25) is 22.9 Å². The van der Waals surface area contributed by atoms with Gasteiger partial charge in [0.25, 0.3) is 0 Å². The van der Waals surface area contributed by atoms with Crippen molar-refractivity contribution in [2.24, 2.45) is 5.73 Å². The summed E-state index contributed by atoms with van der Waals surface area (Å²) in [6, 6.07) is 0. The molecule has 0 saturated carbocycles. The zero-order chi connectivity index (χ0) is 25.4. The Hall–Kier alpha value is -2.35. The number of ether oxygens (including phenoxy) is 3. The summed E-state index contributed by atoms with van der Waals surface area (Å²) < 4.78 is 48.0. The summed E-state index contributed by atoms with van der Waals surface area (Å²) in [6.07, 6.45) is -0.534. The summed E-state index contributed by atoms with van der Waals surface area (Å²) in [6.45, 7) is 7.35. The minimum Gasteiger partial charge on any atom is -0.476 e. The van der Waals surface area contributed by atoms with Gasteiger partial charge >= 0.3 is 13.8 Å². The van der Waals surface area contributed by atoms with E-state index in [4.69, 9.17) is 39.2 Å². The Labute approximate surface area is 202 Å². The van der Waals surface area contributed by atoms with Gasteiger partial charge in [0, 0.05) is 6.42 Å². The summed E-state index contributed by atoms with van der Waals surface area (Å²) in [7, 11) is -3.93. The molecule has 194 valence electrons. The highest BCUT2D eigenvalue weighted by atomic mass is 31.2. The maximum atomic E-state index is 13.1. The van der Waals surface area contributed by atoms with E-state index in [1.807, 2.05) is 6.92 Å². The van der Waals surface area contributed by atoms with Crippen LogP contribution in [0.5, 0.6) is 5.88 Å². The Morgan fingerprint density at radius 2 is 2.17 bits per heavy atom. The second-order valence-corrected chi connectivity index (χ2v) is 10.4. The molecule has 0 bridgehead atoms. The lowest BCUT2D eigenvalue weighted by Crippen LogP contribution is -2.54. The summed E-state index contributed by atoms with van der Waals surface area (Å²) in [4.78, 5) is 24.4. The fourth-order valence-electron chi connectivity index (χ4n) is 4.03. The molecular weight excluding hydrogens is 483 g/mol. The zero-order valence-electron chi connectivity index (χ0n) is 20.1. The molecule has 1 unspecified atom stereocenters. The third kappa shape index (κ3) is 5.27. The molecule has 0 radical (unpaired) electrons. The molecule has 2 saturated heterocycles. The lowest BCUT2D eigenvalue weighted by Gasteiger charge is -2.35. The second-order valence-electron chi connectivity index (χ2n) is 8.78. The Morgan fingerprint density at radius 1 is 1.40 bits per heavy atom. The van der Waals surface area contributed by atoms with E-state index in [9.17, 15) is 9.36 Å². The first-order valence-electron chi connectivity index (χ1n) is 11.4. The minimum absolute atomic E-state index is 0.00611. The number of nitrogen functional groups attached to an aromatic ring is 1. The minimum atomic E-state index is -3.93. The standard InChI is InChI=1S/C20H31N6O8P/c1-5-29-17-14-16(24-19(21)25-17)26(10-23-14)18-20(4,22)15-12(33-18)9-31-35(28,34-15)30-8-6-7-13(27)32-11(2)3/h10-12,15,18H,5-9,22H2,1-4H3,(H2,21,24,25)/t12-,15-,18-,20-,35?/m1/s1. The van der Waals surface area contributed by atoms with Crippen molar-refractivity contribution in [3.05, 3.63) is 6.33 Å². The van der Waals surface area contributed by atoms with E-state index in [1.165, 1.54) is 6.33 Å². The quantitative estimate of drug-likeness (QED) is 0.280. The van der Waals surface area contributed by atoms with Gasteiger partial charge in [-0.05, 0) is 34.1 Å². The number of fused-ring (bicyclic) bond motifs is 2. The van der Waals surface area contributed by atoms with Crippen molar-refractivity contribution in [2.45, 2.75) is 70.6 Å². The van der Waals surface area contributed by atoms with Crippen molar-refractivity contribution in [1.82, 2.24) is 19.5 Å². The Morgan fingerprint density at radius 3 is 2.89 bits per heavy atom. The van der Waals surface area contributed by atoms with Crippen LogP contribution in [0, 0.1) is 0 Å². The topological polar surface area (TPSA) is 185 Å². The van der Waals surface area contributed by atoms with Gasteiger partial charge in [0.2, 0.25) is 11.8 Å². The van der Waals surface area contributed by atoms with E-state index in [1.54, 1.807) is 25.3 Å². The van der Waals surface area contributed by atoms with Gasteiger partial charge in [0.05, 0.1) is 37.8 Å². The van der Waals surface area contributed by atoms with Gasteiger partial charge in [-0.15, -0.1) is 0 Å². The van der Waals surface area contributed by atoms with E-state index < -0.39 is 31.8 Å². The number of aromatic nitrogens is 4. The fourth-order valence-corrected chi connectivity index (χ4v) is 5.55. The van der Waals surface area contributed by atoms with Crippen LogP contribution in [0.4, 0.5) is 5.95 Å².